The highest BCUT2D eigenvalue weighted by atomic mass is 16.4. The second-order valence-corrected chi connectivity index (χ2v) is 14.9. The van der Waals surface area contributed by atoms with E-state index in [1.807, 2.05) is 54.0 Å². The summed E-state index contributed by atoms with van der Waals surface area (Å²) in [5.41, 5.74) is 13.0. The monoisotopic (exact) mass is 682 g/mol. The first-order valence-corrected chi connectivity index (χ1v) is 18.4. The van der Waals surface area contributed by atoms with Crippen LogP contribution in [0.4, 0.5) is 0 Å². The quantitative estimate of drug-likeness (QED) is 0.136. The largest absolute Gasteiger partial charge is 0.480 e. The Morgan fingerprint density at radius 1 is 0.939 bits per heavy atom. The minimum absolute atomic E-state index is 0.0194. The Bertz CT molecular complexity index is 1260. The van der Waals surface area contributed by atoms with Crippen LogP contribution in [0.3, 0.4) is 0 Å². The number of benzene rings is 1. The zero-order chi connectivity index (χ0) is 35.5. The first-order chi connectivity index (χ1) is 23.5. The van der Waals surface area contributed by atoms with Gasteiger partial charge in [0.25, 0.3) is 0 Å². The number of piperazine rings is 1. The summed E-state index contributed by atoms with van der Waals surface area (Å²) in [5.74, 6) is -2.49. The fourth-order valence-electron chi connectivity index (χ4n) is 7.97. The SMILES string of the molecule is CC(C)CC(CC(=O)C(NC(=O)C(N)Cc1ccccc1)C1CCCCC1)C(=O)NC(CCCCN)C(=O)N1C2CC1CN(CC(=O)O)C2. The molecule has 6 atom stereocenters. The molecule has 0 radical (unpaired) electrons. The molecule has 12 heteroatoms. The number of carboxylic acids is 1. The van der Waals surface area contributed by atoms with Crippen LogP contribution in [0.15, 0.2) is 30.3 Å². The number of nitrogens with two attached hydrogens (primary N) is 2. The maximum absolute atomic E-state index is 14.1. The smallest absolute Gasteiger partial charge is 0.317 e. The van der Waals surface area contributed by atoms with Crippen molar-refractivity contribution in [3.8, 4) is 0 Å². The molecule has 1 aromatic rings. The van der Waals surface area contributed by atoms with E-state index in [1.54, 1.807) is 0 Å². The summed E-state index contributed by atoms with van der Waals surface area (Å²) in [5, 5.41) is 15.3. The lowest BCUT2D eigenvalue weighted by atomic mass is 9.79. The highest BCUT2D eigenvalue weighted by Gasteiger charge is 2.49. The van der Waals surface area contributed by atoms with E-state index < -0.39 is 30.0 Å². The number of nitrogens with one attached hydrogen (secondary N) is 2. The number of hydrogen-bond donors (Lipinski definition) is 5. The number of likely N-dealkylation sites (tertiary alicyclic amines) is 2. The molecular weight excluding hydrogens is 624 g/mol. The van der Waals surface area contributed by atoms with Crippen LogP contribution in [0, 0.1) is 17.8 Å². The van der Waals surface area contributed by atoms with Crippen LogP contribution in [0.1, 0.15) is 90.0 Å². The number of carbonyl (C=O) groups is 5. The Morgan fingerprint density at radius 3 is 2.22 bits per heavy atom. The fraction of sp³-hybridized carbons (Fsp3) is 0.703. The van der Waals surface area contributed by atoms with Crippen LogP contribution in [-0.2, 0) is 30.4 Å². The van der Waals surface area contributed by atoms with Gasteiger partial charge in [0, 0.05) is 37.5 Å². The van der Waals surface area contributed by atoms with Gasteiger partial charge in [0.15, 0.2) is 5.78 Å². The van der Waals surface area contributed by atoms with Crippen LogP contribution < -0.4 is 22.1 Å². The van der Waals surface area contributed by atoms with Gasteiger partial charge in [0.1, 0.15) is 6.04 Å². The lowest BCUT2D eigenvalue weighted by molar-refractivity contribution is -0.159. The van der Waals surface area contributed by atoms with Gasteiger partial charge in [-0.25, -0.2) is 0 Å². The van der Waals surface area contributed by atoms with Crippen molar-refractivity contribution in [3.63, 3.8) is 0 Å². The van der Waals surface area contributed by atoms with Crippen molar-refractivity contribution < 1.29 is 29.1 Å². The van der Waals surface area contributed by atoms with Crippen LogP contribution in [0.5, 0.6) is 0 Å². The molecule has 49 heavy (non-hydrogen) atoms. The van der Waals surface area contributed by atoms with Gasteiger partial charge in [0.2, 0.25) is 17.7 Å². The Balaban J connectivity index is 1.45. The molecule has 3 amide bonds. The minimum Gasteiger partial charge on any atom is -0.480 e. The highest BCUT2D eigenvalue weighted by molar-refractivity contribution is 5.95. The molecule has 1 aliphatic carbocycles. The van der Waals surface area contributed by atoms with E-state index in [0.29, 0.717) is 51.7 Å². The molecule has 2 saturated heterocycles. The van der Waals surface area contributed by atoms with Gasteiger partial charge in [-0.3, -0.25) is 28.9 Å². The number of ketones is 1. The maximum Gasteiger partial charge on any atom is 0.317 e. The highest BCUT2D eigenvalue weighted by Crippen LogP contribution is 2.34. The van der Waals surface area contributed by atoms with Crippen LogP contribution in [-0.4, -0.2) is 101 Å². The average molecular weight is 683 g/mol. The second-order valence-electron chi connectivity index (χ2n) is 14.9. The first kappa shape index (κ1) is 38.5. The standard InChI is InChI=1S/C37H58N6O6/c1-24(2)17-27(19-32(44)34(26-13-7-4-8-14-26)41-36(48)30(39)18-25-11-5-3-6-12-25)35(47)40-31(15-9-10-16-38)37(49)43-28-20-29(43)22-42(21-28)23-33(45)46/h3,5-6,11-12,24,26-31,34H,4,7-10,13-23,38-39H2,1-2H3,(H,40,47)(H,41,48)(H,45,46). The molecule has 1 saturated carbocycles. The Kier molecular flexibility index (Phi) is 14.6. The van der Waals surface area contributed by atoms with Crippen molar-refractivity contribution >= 4 is 29.5 Å². The van der Waals surface area contributed by atoms with Gasteiger partial charge in [-0.05, 0) is 75.3 Å². The van der Waals surface area contributed by atoms with Gasteiger partial charge in [-0.15, -0.1) is 0 Å². The van der Waals surface area contributed by atoms with Crippen molar-refractivity contribution in [2.24, 2.45) is 29.2 Å². The summed E-state index contributed by atoms with van der Waals surface area (Å²) in [6, 6.07) is 7.08. The number of carbonyl (C=O) groups excluding carboxylic acids is 4. The topological polar surface area (TPSA) is 188 Å². The van der Waals surface area contributed by atoms with Gasteiger partial charge in [-0.1, -0.05) is 63.4 Å². The van der Waals surface area contributed by atoms with E-state index >= 15 is 0 Å². The summed E-state index contributed by atoms with van der Waals surface area (Å²) in [6.07, 6.45) is 8.09. The molecule has 3 fully saturated rings. The Hall–Kier alpha value is -3.35. The van der Waals surface area contributed by atoms with Gasteiger partial charge in [-0.2, -0.15) is 0 Å². The maximum atomic E-state index is 14.1. The predicted molar refractivity (Wildman–Crippen MR) is 187 cm³/mol. The number of fused-ring (bicyclic) bond motifs is 2. The van der Waals surface area contributed by atoms with Crippen molar-refractivity contribution in [1.29, 1.82) is 0 Å². The van der Waals surface area contributed by atoms with Gasteiger partial charge in [0.05, 0.1) is 18.6 Å². The third kappa shape index (κ3) is 11.1. The van der Waals surface area contributed by atoms with E-state index in [1.165, 1.54) is 0 Å². The fourth-order valence-corrected chi connectivity index (χ4v) is 7.97. The van der Waals surface area contributed by atoms with Crippen molar-refractivity contribution in [2.75, 3.05) is 26.2 Å². The number of Topliss-reactive ketones (excluding diaryl/α,β-unsaturated/α-hetero) is 1. The lowest BCUT2D eigenvalue weighted by Gasteiger charge is -2.56. The lowest BCUT2D eigenvalue weighted by Crippen LogP contribution is -2.72. The first-order valence-electron chi connectivity index (χ1n) is 18.4. The molecule has 6 unspecified atom stereocenters. The van der Waals surface area contributed by atoms with E-state index in [4.69, 9.17) is 11.5 Å². The van der Waals surface area contributed by atoms with Crippen molar-refractivity contribution in [3.05, 3.63) is 35.9 Å². The predicted octanol–water partition coefficient (Wildman–Crippen LogP) is 2.23. The molecule has 2 aliphatic heterocycles. The number of unbranched alkanes of at least 4 members (excludes halogenated alkanes) is 1. The van der Waals surface area contributed by atoms with Crippen LogP contribution in [0.25, 0.3) is 0 Å². The average Bonchev–Trinajstić information content (AvgIpc) is 3.06. The molecule has 272 valence electrons. The van der Waals surface area contributed by atoms with Gasteiger partial charge >= 0.3 is 5.97 Å². The number of aliphatic carboxylic acids is 1. The zero-order valence-corrected chi connectivity index (χ0v) is 29.4. The number of nitrogens with zero attached hydrogens (tertiary/aromatic N) is 2. The molecule has 0 aromatic heterocycles. The molecule has 2 bridgehead atoms. The van der Waals surface area contributed by atoms with E-state index in [2.05, 4.69) is 10.6 Å². The van der Waals surface area contributed by atoms with Crippen molar-refractivity contribution in [1.82, 2.24) is 20.4 Å². The van der Waals surface area contributed by atoms with E-state index in [0.717, 1.165) is 44.1 Å². The molecule has 0 spiro atoms. The number of carboxylic acid groups (broad SMARTS) is 1. The summed E-state index contributed by atoms with van der Waals surface area (Å²) in [6.45, 7) is 5.40. The van der Waals surface area contributed by atoms with E-state index in [9.17, 15) is 29.1 Å². The summed E-state index contributed by atoms with van der Waals surface area (Å²) in [4.78, 5) is 70.3. The second kappa shape index (κ2) is 18.6. The third-order valence-electron chi connectivity index (χ3n) is 10.4. The van der Waals surface area contributed by atoms with Crippen LogP contribution >= 0.6 is 0 Å². The molecule has 7 N–H and O–H groups in total. The molecule has 2 heterocycles. The normalized spacial score (nSPS) is 22.0. The Morgan fingerprint density at radius 2 is 1.61 bits per heavy atom. The number of piperidine rings is 1. The molecular formula is C37H58N6O6. The number of hydrogen-bond acceptors (Lipinski definition) is 8. The molecule has 12 nitrogen and oxygen atoms in total. The van der Waals surface area contributed by atoms with Gasteiger partial charge < -0.3 is 32.1 Å². The summed E-state index contributed by atoms with van der Waals surface area (Å²) >= 11 is 0. The van der Waals surface area contributed by atoms with Crippen LogP contribution in [0.2, 0.25) is 0 Å². The third-order valence-corrected chi connectivity index (χ3v) is 10.4. The van der Waals surface area contributed by atoms with E-state index in [-0.39, 0.29) is 60.4 Å². The zero-order valence-electron chi connectivity index (χ0n) is 29.4. The molecule has 1 aromatic carbocycles. The molecule has 4 rings (SSSR count). The Labute approximate surface area is 291 Å². The summed E-state index contributed by atoms with van der Waals surface area (Å²) < 4.78 is 0. The minimum atomic E-state index is -0.892. The summed E-state index contributed by atoms with van der Waals surface area (Å²) in [7, 11) is 0. The number of amides is 3. The number of rotatable bonds is 19. The molecule has 3 aliphatic rings. The van der Waals surface area contributed by atoms with Crippen molar-refractivity contribution in [2.45, 2.75) is 121 Å².